The number of carbonyl (C=O) groups is 1. The summed E-state index contributed by atoms with van der Waals surface area (Å²) < 4.78 is 5.88. The van der Waals surface area contributed by atoms with Gasteiger partial charge in [-0.15, -0.1) is 0 Å². The molecule has 2 nitrogen and oxygen atoms in total. The van der Waals surface area contributed by atoms with Crippen molar-refractivity contribution in [1.82, 2.24) is 0 Å². The van der Waals surface area contributed by atoms with Crippen molar-refractivity contribution in [3.8, 4) is 0 Å². The fourth-order valence-corrected chi connectivity index (χ4v) is 4.65. The molecular formula is C18H23ClO2. The molecule has 0 heterocycles. The minimum atomic E-state index is -0.241. The van der Waals surface area contributed by atoms with Crippen LogP contribution in [0.25, 0.3) is 0 Å². The second-order valence-electron chi connectivity index (χ2n) is 7.52. The molecule has 3 atom stereocenters. The van der Waals surface area contributed by atoms with Crippen LogP contribution in [-0.2, 0) is 4.74 Å². The van der Waals surface area contributed by atoms with Crippen LogP contribution in [0.3, 0.4) is 0 Å². The quantitative estimate of drug-likeness (QED) is 0.717. The van der Waals surface area contributed by atoms with Crippen LogP contribution in [-0.4, -0.2) is 12.1 Å². The van der Waals surface area contributed by atoms with Crippen molar-refractivity contribution in [2.45, 2.75) is 53.1 Å². The van der Waals surface area contributed by atoms with Crippen LogP contribution in [0.2, 0.25) is 5.02 Å². The van der Waals surface area contributed by atoms with Crippen molar-refractivity contribution in [1.29, 1.82) is 0 Å². The molecule has 1 aromatic rings. The van der Waals surface area contributed by atoms with E-state index in [4.69, 9.17) is 16.3 Å². The third-order valence-electron chi connectivity index (χ3n) is 6.24. The highest BCUT2D eigenvalue weighted by atomic mass is 35.5. The summed E-state index contributed by atoms with van der Waals surface area (Å²) in [5.74, 6) is 0.427. The second kappa shape index (κ2) is 4.74. The molecule has 114 valence electrons. The Bertz CT molecular complexity index is 573. The van der Waals surface area contributed by atoms with E-state index in [9.17, 15) is 4.79 Å². The standard InChI is InChI=1S/C18H23ClO2/c1-11-7-12(9-14(19)8-11)16(20)21-15-10-13-5-6-18(15,4)17(13,2)3/h7-9,13,15H,5-6,10H2,1-4H3. The van der Waals surface area contributed by atoms with Gasteiger partial charge in [-0.25, -0.2) is 4.79 Å². The van der Waals surface area contributed by atoms with Gasteiger partial charge in [0.15, 0.2) is 0 Å². The van der Waals surface area contributed by atoms with E-state index in [1.165, 1.54) is 6.42 Å². The van der Waals surface area contributed by atoms with Crippen LogP contribution in [0.15, 0.2) is 18.2 Å². The van der Waals surface area contributed by atoms with Crippen molar-refractivity contribution in [2.24, 2.45) is 16.7 Å². The highest BCUT2D eigenvalue weighted by Gasteiger charge is 2.62. The lowest BCUT2D eigenvalue weighted by Crippen LogP contribution is -2.38. The molecule has 0 saturated heterocycles. The maximum Gasteiger partial charge on any atom is 0.338 e. The third-order valence-corrected chi connectivity index (χ3v) is 6.46. The highest BCUT2D eigenvalue weighted by molar-refractivity contribution is 6.31. The number of carbonyl (C=O) groups excluding carboxylic acids is 1. The summed E-state index contributed by atoms with van der Waals surface area (Å²) in [6.07, 6.45) is 3.43. The summed E-state index contributed by atoms with van der Waals surface area (Å²) in [5.41, 5.74) is 1.89. The van der Waals surface area contributed by atoms with Crippen molar-refractivity contribution >= 4 is 17.6 Å². The predicted molar refractivity (Wildman–Crippen MR) is 84.6 cm³/mol. The zero-order valence-electron chi connectivity index (χ0n) is 13.2. The van der Waals surface area contributed by atoms with Crippen LogP contribution in [0.5, 0.6) is 0 Å². The Hall–Kier alpha value is -1.02. The van der Waals surface area contributed by atoms with Gasteiger partial charge in [0.05, 0.1) is 5.56 Å². The molecule has 0 amide bonds. The van der Waals surface area contributed by atoms with Gasteiger partial charge in [-0.2, -0.15) is 0 Å². The fourth-order valence-electron chi connectivity index (χ4n) is 4.36. The third kappa shape index (κ3) is 2.19. The minimum Gasteiger partial charge on any atom is -0.458 e. The van der Waals surface area contributed by atoms with Crippen LogP contribution >= 0.6 is 11.6 Å². The lowest BCUT2D eigenvalue weighted by atomic mass is 9.70. The van der Waals surface area contributed by atoms with Crippen LogP contribution < -0.4 is 0 Å². The number of aryl methyl sites for hydroxylation is 1. The second-order valence-corrected chi connectivity index (χ2v) is 7.96. The van der Waals surface area contributed by atoms with Crippen molar-refractivity contribution in [3.05, 3.63) is 34.3 Å². The number of hydrogen-bond acceptors (Lipinski definition) is 2. The van der Waals surface area contributed by atoms with E-state index in [0.29, 0.717) is 16.5 Å². The first-order valence-corrected chi connectivity index (χ1v) is 8.10. The predicted octanol–water partition coefficient (Wildman–Crippen LogP) is 5.02. The Morgan fingerprint density at radius 1 is 1.29 bits per heavy atom. The molecule has 3 unspecified atom stereocenters. The van der Waals surface area contributed by atoms with Crippen LogP contribution in [0.4, 0.5) is 0 Å². The van der Waals surface area contributed by atoms with Crippen molar-refractivity contribution < 1.29 is 9.53 Å². The molecule has 0 spiro atoms. The lowest BCUT2D eigenvalue weighted by molar-refractivity contribution is -0.0242. The van der Waals surface area contributed by atoms with Gasteiger partial charge in [0.25, 0.3) is 0 Å². The molecule has 3 heteroatoms. The van der Waals surface area contributed by atoms with Crippen LogP contribution in [0.1, 0.15) is 56.0 Å². The first-order valence-electron chi connectivity index (χ1n) is 7.72. The molecule has 3 rings (SSSR count). The van der Waals surface area contributed by atoms with E-state index in [1.54, 1.807) is 6.07 Å². The van der Waals surface area contributed by atoms with E-state index in [0.717, 1.165) is 18.4 Å². The van der Waals surface area contributed by atoms with Gasteiger partial charge in [-0.1, -0.05) is 32.4 Å². The van der Waals surface area contributed by atoms with Crippen LogP contribution in [0, 0.1) is 23.7 Å². The summed E-state index contributed by atoms with van der Waals surface area (Å²) in [4.78, 5) is 12.5. The normalized spacial score (nSPS) is 33.2. The first-order chi connectivity index (χ1) is 9.74. The average molecular weight is 307 g/mol. The first kappa shape index (κ1) is 14.9. The monoisotopic (exact) mass is 306 g/mol. The summed E-state index contributed by atoms with van der Waals surface area (Å²) in [6, 6.07) is 5.38. The maximum absolute atomic E-state index is 12.5. The Balaban J connectivity index is 1.80. The van der Waals surface area contributed by atoms with Crippen molar-refractivity contribution in [3.63, 3.8) is 0 Å². The SMILES string of the molecule is Cc1cc(Cl)cc(C(=O)OC2CC3CCC2(C)C3(C)C)c1. The zero-order chi connectivity index (χ0) is 15.4. The number of rotatable bonds is 2. The summed E-state index contributed by atoms with van der Waals surface area (Å²) in [6.45, 7) is 8.86. The molecule has 1 aromatic carbocycles. The topological polar surface area (TPSA) is 26.3 Å². The van der Waals surface area contributed by atoms with E-state index >= 15 is 0 Å². The summed E-state index contributed by atoms with van der Waals surface area (Å²) in [7, 11) is 0. The molecule has 2 aliphatic rings. The molecule has 0 N–H and O–H groups in total. The van der Waals surface area contributed by atoms with Gasteiger partial charge < -0.3 is 4.74 Å². The Morgan fingerprint density at radius 2 is 2.00 bits per heavy atom. The van der Waals surface area contributed by atoms with E-state index < -0.39 is 0 Å². The van der Waals surface area contributed by atoms with Gasteiger partial charge in [-0.05, 0) is 61.3 Å². The molecular weight excluding hydrogens is 284 g/mol. The molecule has 2 bridgehead atoms. The maximum atomic E-state index is 12.5. The molecule has 2 aliphatic carbocycles. The number of halogens is 1. The molecule has 2 saturated carbocycles. The van der Waals surface area contributed by atoms with Gasteiger partial charge in [0.1, 0.15) is 6.10 Å². The molecule has 0 aliphatic heterocycles. The molecule has 0 aromatic heterocycles. The van der Waals surface area contributed by atoms with E-state index in [-0.39, 0.29) is 22.9 Å². The highest BCUT2D eigenvalue weighted by Crippen LogP contribution is 2.66. The van der Waals surface area contributed by atoms with Gasteiger partial charge in [-0.3, -0.25) is 0 Å². The summed E-state index contributed by atoms with van der Waals surface area (Å²) in [5, 5.41) is 0.585. The number of fused-ring (bicyclic) bond motifs is 2. The van der Waals surface area contributed by atoms with Crippen molar-refractivity contribution in [2.75, 3.05) is 0 Å². The molecule has 21 heavy (non-hydrogen) atoms. The number of benzene rings is 1. The average Bonchev–Trinajstić information content (AvgIpc) is 2.70. The Labute approximate surface area is 131 Å². The molecule has 0 radical (unpaired) electrons. The zero-order valence-corrected chi connectivity index (χ0v) is 14.0. The smallest absolute Gasteiger partial charge is 0.338 e. The Morgan fingerprint density at radius 3 is 2.52 bits per heavy atom. The van der Waals surface area contributed by atoms with Gasteiger partial charge >= 0.3 is 5.97 Å². The number of hydrogen-bond donors (Lipinski definition) is 0. The van der Waals surface area contributed by atoms with E-state index in [1.807, 2.05) is 19.1 Å². The van der Waals surface area contributed by atoms with Gasteiger partial charge in [0.2, 0.25) is 0 Å². The van der Waals surface area contributed by atoms with E-state index in [2.05, 4.69) is 20.8 Å². The largest absolute Gasteiger partial charge is 0.458 e. The fraction of sp³-hybridized carbons (Fsp3) is 0.611. The Kier molecular flexibility index (Phi) is 3.36. The van der Waals surface area contributed by atoms with Gasteiger partial charge in [0, 0.05) is 10.4 Å². The summed E-state index contributed by atoms with van der Waals surface area (Å²) >= 11 is 6.04. The number of esters is 1. The minimum absolute atomic E-state index is 0.0260. The molecule has 2 fully saturated rings. The lowest BCUT2D eigenvalue weighted by Gasteiger charge is -2.38. The number of ether oxygens (including phenoxy) is 1.